The minimum absolute atomic E-state index is 0.0619. The molecule has 0 radical (unpaired) electrons. The molecule has 30 heavy (non-hydrogen) atoms. The number of pyridine rings is 1. The Morgan fingerprint density at radius 1 is 1.27 bits per heavy atom. The molecular formula is C19H15BrF2N6O2. The van der Waals surface area contributed by atoms with Crippen molar-refractivity contribution in [3.8, 4) is 11.5 Å². The van der Waals surface area contributed by atoms with Crippen LogP contribution in [0, 0.1) is 18.6 Å². The largest absolute Gasteiger partial charge is 0.450 e. The predicted octanol–water partition coefficient (Wildman–Crippen LogP) is 4.75. The van der Waals surface area contributed by atoms with Crippen molar-refractivity contribution < 1.29 is 18.3 Å². The standard InChI is InChI=1S/C19H15BrF2N6O2/c1-9-6-24-15(27-9)8-26-19(29)28-10-4-12(21)17(13(22)5-10)30-14-2-3-23-18-16(14)11(20)7-25-18/h2-7H,8H2,1H3,(H,23,25)(H,24,27)(H2,26,28,29). The number of rotatable bonds is 5. The average molecular weight is 477 g/mol. The maximum absolute atomic E-state index is 14.5. The number of nitrogens with zero attached hydrogens (tertiary/aromatic N) is 2. The van der Waals surface area contributed by atoms with Gasteiger partial charge in [-0.3, -0.25) is 0 Å². The number of ether oxygens (including phenoxy) is 1. The number of nitrogens with one attached hydrogen (secondary N) is 4. The number of anilines is 1. The Morgan fingerprint density at radius 3 is 2.73 bits per heavy atom. The third-order valence-electron chi connectivity index (χ3n) is 4.13. The van der Waals surface area contributed by atoms with Crippen molar-refractivity contribution in [3.63, 3.8) is 0 Å². The Bertz CT molecular complexity index is 1220. The van der Waals surface area contributed by atoms with Gasteiger partial charge in [-0.1, -0.05) is 0 Å². The van der Waals surface area contributed by atoms with Crippen LogP contribution in [0.15, 0.2) is 41.3 Å². The molecule has 154 valence electrons. The summed E-state index contributed by atoms with van der Waals surface area (Å²) in [5, 5.41) is 5.47. The van der Waals surface area contributed by atoms with Crippen molar-refractivity contribution in [1.82, 2.24) is 25.3 Å². The summed E-state index contributed by atoms with van der Waals surface area (Å²) in [5.41, 5.74) is 1.29. The number of imidazole rings is 1. The molecule has 0 bridgehead atoms. The number of benzene rings is 1. The number of aromatic nitrogens is 4. The van der Waals surface area contributed by atoms with Gasteiger partial charge in [0.25, 0.3) is 0 Å². The van der Waals surface area contributed by atoms with Crippen molar-refractivity contribution in [2.45, 2.75) is 13.5 Å². The minimum atomic E-state index is -0.969. The van der Waals surface area contributed by atoms with Gasteiger partial charge in [0.1, 0.15) is 17.2 Å². The molecule has 0 unspecified atom stereocenters. The number of carbonyl (C=O) groups excluding carboxylic acids is 1. The third-order valence-corrected chi connectivity index (χ3v) is 4.75. The molecule has 0 aliphatic heterocycles. The number of urea groups is 1. The third kappa shape index (κ3) is 4.10. The highest BCUT2D eigenvalue weighted by Crippen LogP contribution is 2.36. The fourth-order valence-electron chi connectivity index (χ4n) is 2.81. The van der Waals surface area contributed by atoms with Crippen LogP contribution in [0.3, 0.4) is 0 Å². The van der Waals surface area contributed by atoms with Gasteiger partial charge in [-0.25, -0.2) is 23.5 Å². The zero-order chi connectivity index (χ0) is 21.3. The van der Waals surface area contributed by atoms with Gasteiger partial charge in [-0.05, 0) is 28.9 Å². The molecule has 0 saturated heterocycles. The molecule has 0 spiro atoms. The summed E-state index contributed by atoms with van der Waals surface area (Å²) in [7, 11) is 0. The molecule has 3 heterocycles. The first-order valence-corrected chi connectivity index (χ1v) is 9.54. The van der Waals surface area contributed by atoms with Crippen molar-refractivity contribution >= 4 is 38.7 Å². The SMILES string of the molecule is Cc1cnc(CNC(=O)Nc2cc(F)c(Oc3ccnc4[nH]cc(Br)c34)c(F)c2)[nH]1. The summed E-state index contributed by atoms with van der Waals surface area (Å²) in [6.45, 7) is 1.97. The van der Waals surface area contributed by atoms with Gasteiger partial charge in [-0.2, -0.15) is 0 Å². The fourth-order valence-corrected chi connectivity index (χ4v) is 3.31. The van der Waals surface area contributed by atoms with Crippen molar-refractivity contribution in [3.05, 3.63) is 64.4 Å². The van der Waals surface area contributed by atoms with Crippen LogP contribution >= 0.6 is 15.9 Å². The Balaban J connectivity index is 1.49. The van der Waals surface area contributed by atoms with E-state index in [0.717, 1.165) is 17.8 Å². The van der Waals surface area contributed by atoms with Gasteiger partial charge in [0.15, 0.2) is 17.4 Å². The normalized spacial score (nSPS) is 10.9. The topological polar surface area (TPSA) is 108 Å². The summed E-state index contributed by atoms with van der Waals surface area (Å²) in [4.78, 5) is 26.0. The second kappa shape index (κ2) is 8.11. The minimum Gasteiger partial charge on any atom is -0.450 e. The lowest BCUT2D eigenvalue weighted by atomic mass is 10.2. The first-order valence-electron chi connectivity index (χ1n) is 8.74. The van der Waals surface area contributed by atoms with Crippen molar-refractivity contribution in [2.75, 3.05) is 5.32 Å². The smallest absolute Gasteiger partial charge is 0.319 e. The van der Waals surface area contributed by atoms with E-state index in [9.17, 15) is 13.6 Å². The van der Waals surface area contributed by atoms with Crippen LogP contribution in [0.2, 0.25) is 0 Å². The molecule has 0 saturated carbocycles. The maximum Gasteiger partial charge on any atom is 0.319 e. The quantitative estimate of drug-likeness (QED) is 0.333. The van der Waals surface area contributed by atoms with E-state index in [-0.39, 0.29) is 18.0 Å². The molecule has 2 amide bonds. The van der Waals surface area contributed by atoms with Crippen molar-refractivity contribution in [2.24, 2.45) is 0 Å². The number of hydrogen-bond donors (Lipinski definition) is 4. The Morgan fingerprint density at radius 2 is 2.03 bits per heavy atom. The molecular weight excluding hydrogens is 462 g/mol. The van der Waals surface area contributed by atoms with Crippen LogP contribution in [0.4, 0.5) is 19.3 Å². The highest BCUT2D eigenvalue weighted by Gasteiger charge is 2.18. The van der Waals surface area contributed by atoms with E-state index in [4.69, 9.17) is 4.74 Å². The first-order chi connectivity index (χ1) is 14.4. The Labute approximate surface area is 177 Å². The fraction of sp³-hybridized carbons (Fsp3) is 0.105. The van der Waals surface area contributed by atoms with Crippen LogP contribution < -0.4 is 15.4 Å². The predicted molar refractivity (Wildman–Crippen MR) is 109 cm³/mol. The molecule has 0 atom stereocenters. The zero-order valence-corrected chi connectivity index (χ0v) is 17.1. The van der Waals surface area contributed by atoms with E-state index in [1.54, 1.807) is 12.4 Å². The molecule has 1 aromatic carbocycles. The van der Waals surface area contributed by atoms with E-state index >= 15 is 0 Å². The number of fused-ring (bicyclic) bond motifs is 1. The van der Waals surface area contributed by atoms with Gasteiger partial charge in [-0.15, -0.1) is 0 Å². The van der Waals surface area contributed by atoms with E-state index in [1.807, 2.05) is 6.92 Å². The number of aryl methyl sites for hydroxylation is 1. The summed E-state index contributed by atoms with van der Waals surface area (Å²) >= 11 is 3.34. The molecule has 4 aromatic rings. The van der Waals surface area contributed by atoms with E-state index in [1.165, 1.54) is 12.3 Å². The monoisotopic (exact) mass is 476 g/mol. The second-order valence-corrected chi connectivity index (χ2v) is 7.22. The summed E-state index contributed by atoms with van der Waals surface area (Å²) in [5.74, 6) is -1.75. The summed E-state index contributed by atoms with van der Waals surface area (Å²) in [6.07, 6.45) is 4.73. The number of halogens is 3. The highest BCUT2D eigenvalue weighted by molar-refractivity contribution is 9.10. The number of carbonyl (C=O) groups is 1. The summed E-state index contributed by atoms with van der Waals surface area (Å²) < 4.78 is 35.2. The molecule has 0 aliphatic rings. The summed E-state index contributed by atoms with van der Waals surface area (Å²) in [6, 6.07) is 2.80. The van der Waals surface area contributed by atoms with Gasteiger partial charge in [0.2, 0.25) is 0 Å². The lowest BCUT2D eigenvalue weighted by Crippen LogP contribution is -2.28. The lowest BCUT2D eigenvalue weighted by molar-refractivity contribution is 0.251. The number of amides is 2. The molecule has 0 fully saturated rings. The van der Waals surface area contributed by atoms with Gasteiger partial charge < -0.3 is 25.3 Å². The Kier molecular flexibility index (Phi) is 5.36. The number of H-pyrrole nitrogens is 2. The van der Waals surface area contributed by atoms with Crippen molar-refractivity contribution in [1.29, 1.82) is 0 Å². The van der Waals surface area contributed by atoms with E-state index in [2.05, 4.69) is 46.5 Å². The van der Waals surface area contributed by atoms with Crippen LogP contribution in [-0.2, 0) is 6.54 Å². The average Bonchev–Trinajstić information content (AvgIpc) is 3.29. The Hall–Kier alpha value is -3.47. The number of aromatic amines is 2. The van der Waals surface area contributed by atoms with Crippen LogP contribution in [0.1, 0.15) is 11.5 Å². The van der Waals surface area contributed by atoms with Gasteiger partial charge >= 0.3 is 6.03 Å². The number of hydrogen-bond acceptors (Lipinski definition) is 4. The molecule has 4 N–H and O–H groups in total. The maximum atomic E-state index is 14.5. The first kappa shape index (κ1) is 19.8. The molecule has 3 aromatic heterocycles. The molecule has 11 heteroatoms. The zero-order valence-electron chi connectivity index (χ0n) is 15.5. The van der Waals surface area contributed by atoms with Gasteiger partial charge in [0.05, 0.1) is 11.9 Å². The lowest BCUT2D eigenvalue weighted by Gasteiger charge is -2.12. The van der Waals surface area contributed by atoms with Crippen LogP contribution in [0.25, 0.3) is 11.0 Å². The van der Waals surface area contributed by atoms with Crippen LogP contribution in [0.5, 0.6) is 11.5 Å². The molecule has 4 rings (SSSR count). The van der Waals surface area contributed by atoms with Crippen LogP contribution in [-0.4, -0.2) is 26.0 Å². The molecule has 8 nitrogen and oxygen atoms in total. The van der Waals surface area contributed by atoms with E-state index < -0.39 is 23.4 Å². The van der Waals surface area contributed by atoms with Gasteiger partial charge in [0, 0.05) is 46.6 Å². The highest BCUT2D eigenvalue weighted by atomic mass is 79.9. The second-order valence-electron chi connectivity index (χ2n) is 6.36. The molecule has 0 aliphatic carbocycles. The van der Waals surface area contributed by atoms with E-state index in [0.29, 0.717) is 21.3 Å².